The number of fused-ring (bicyclic) bond motifs is 3. The van der Waals surface area contributed by atoms with E-state index in [1.165, 1.54) is 36.4 Å². The molecule has 0 aliphatic carbocycles. The molecule has 13 nitrogen and oxygen atoms in total. The molecule has 0 amide bonds. The van der Waals surface area contributed by atoms with Crippen molar-refractivity contribution in [2.45, 2.75) is 0 Å². The van der Waals surface area contributed by atoms with Gasteiger partial charge in [0.25, 0.3) is 11.2 Å². The van der Waals surface area contributed by atoms with Crippen LogP contribution in [0.3, 0.4) is 0 Å². The second-order valence-electron chi connectivity index (χ2n) is 6.33. The minimum atomic E-state index is -0.955. The van der Waals surface area contributed by atoms with Gasteiger partial charge in [-0.25, -0.2) is 14.0 Å². The predicted octanol–water partition coefficient (Wildman–Crippen LogP) is 0.645. The second kappa shape index (κ2) is 6.55. The van der Waals surface area contributed by atoms with Gasteiger partial charge in [-0.15, -0.1) is 5.10 Å². The van der Waals surface area contributed by atoms with Crippen LogP contribution in [0.15, 0.2) is 67.3 Å². The maximum absolute atomic E-state index is 13.1. The number of nitro groups is 1. The number of hydrogen-bond acceptors (Lipinski definition) is 9. The molecule has 0 aliphatic rings. The van der Waals surface area contributed by atoms with Crippen LogP contribution in [-0.4, -0.2) is 34.1 Å². The predicted molar refractivity (Wildman–Crippen MR) is 105 cm³/mol. The van der Waals surface area contributed by atoms with Gasteiger partial charge in [0.05, 0.1) is 15.8 Å². The van der Waals surface area contributed by atoms with Gasteiger partial charge in [-0.2, -0.15) is 9.55 Å². The van der Waals surface area contributed by atoms with Crippen LogP contribution in [0.4, 0.5) is 5.69 Å². The third-order valence-corrected chi connectivity index (χ3v) is 4.53. The number of para-hydroxylation sites is 1. The van der Waals surface area contributed by atoms with Crippen molar-refractivity contribution in [2.24, 2.45) is 0 Å². The molecule has 0 aliphatic heterocycles. The molecule has 5 rings (SSSR count). The number of aromatic amines is 1. The number of hydrogen-bond donors (Lipinski definition) is 1. The van der Waals surface area contributed by atoms with Gasteiger partial charge in [0.2, 0.25) is 11.7 Å². The Morgan fingerprint density at radius 3 is 2.48 bits per heavy atom. The molecule has 2 aromatic carbocycles. The second-order valence-corrected chi connectivity index (χ2v) is 6.33. The van der Waals surface area contributed by atoms with Crippen LogP contribution in [0.5, 0.6) is 0 Å². The molecule has 0 atom stereocenters. The number of non-ortho nitro benzene ring substituents is 1. The summed E-state index contributed by atoms with van der Waals surface area (Å²) in [4.78, 5) is 53.5. The maximum atomic E-state index is 13.1. The third-order valence-electron chi connectivity index (χ3n) is 4.53. The molecule has 1 N–H and O–H groups in total. The number of H-pyrrole nitrogens is 1. The zero-order chi connectivity index (χ0) is 21.7. The highest BCUT2D eigenvalue weighted by atomic mass is 16.6. The fraction of sp³-hybridized carbons (Fsp3) is 0. The van der Waals surface area contributed by atoms with E-state index in [1.54, 1.807) is 12.1 Å². The summed E-state index contributed by atoms with van der Waals surface area (Å²) in [6.45, 7) is 0. The molecule has 13 heteroatoms. The number of nitrogens with zero attached hydrogens (tertiary/aromatic N) is 6. The van der Waals surface area contributed by atoms with Gasteiger partial charge in [0.15, 0.2) is 0 Å². The summed E-state index contributed by atoms with van der Waals surface area (Å²) < 4.78 is 7.49. The Bertz CT molecular complexity index is 1680. The summed E-state index contributed by atoms with van der Waals surface area (Å²) in [5.74, 6) is -0.341. The van der Waals surface area contributed by atoms with Crippen molar-refractivity contribution >= 4 is 22.4 Å². The molecule has 152 valence electrons. The van der Waals surface area contributed by atoms with Gasteiger partial charge >= 0.3 is 17.4 Å². The van der Waals surface area contributed by atoms with Crippen molar-refractivity contribution < 1.29 is 9.34 Å². The molecule has 0 unspecified atom stereocenters. The lowest BCUT2D eigenvalue weighted by Gasteiger charge is -2.08. The highest BCUT2D eigenvalue weighted by Crippen LogP contribution is 2.22. The molecule has 3 heterocycles. The minimum absolute atomic E-state index is 0.0321. The summed E-state index contributed by atoms with van der Waals surface area (Å²) in [7, 11) is 0. The molecule has 0 saturated heterocycles. The molecule has 0 spiro atoms. The van der Waals surface area contributed by atoms with Gasteiger partial charge in [-0.3, -0.25) is 19.9 Å². The van der Waals surface area contributed by atoms with E-state index in [-0.39, 0.29) is 34.3 Å². The Hall–Kier alpha value is -4.94. The first kappa shape index (κ1) is 18.1. The average Bonchev–Trinajstić information content (AvgIpc) is 3.23. The summed E-state index contributed by atoms with van der Waals surface area (Å²) in [5, 5.41) is 18.7. The van der Waals surface area contributed by atoms with Crippen LogP contribution < -0.4 is 16.9 Å². The molecular formula is C18H9N7O6. The van der Waals surface area contributed by atoms with E-state index in [1.807, 2.05) is 0 Å². The number of nitrogens with one attached hydrogen (secondary N) is 1. The highest BCUT2D eigenvalue weighted by Gasteiger charge is 2.20. The van der Waals surface area contributed by atoms with E-state index in [0.717, 1.165) is 8.97 Å². The normalized spacial score (nSPS) is 11.2. The van der Waals surface area contributed by atoms with Gasteiger partial charge in [0.1, 0.15) is 0 Å². The van der Waals surface area contributed by atoms with E-state index in [4.69, 9.17) is 4.42 Å². The molecule has 3 aromatic heterocycles. The number of benzene rings is 2. The fourth-order valence-corrected chi connectivity index (χ4v) is 3.16. The molecular weight excluding hydrogens is 410 g/mol. The van der Waals surface area contributed by atoms with E-state index < -0.39 is 21.9 Å². The van der Waals surface area contributed by atoms with E-state index in [9.17, 15) is 24.5 Å². The van der Waals surface area contributed by atoms with Crippen molar-refractivity contribution in [3.05, 3.63) is 90.0 Å². The lowest BCUT2D eigenvalue weighted by Crippen LogP contribution is -2.34. The monoisotopic (exact) mass is 419 g/mol. The van der Waals surface area contributed by atoms with Crippen molar-refractivity contribution in [1.82, 2.24) is 29.1 Å². The summed E-state index contributed by atoms with van der Waals surface area (Å²) in [6.07, 6.45) is 0. The average molecular weight is 419 g/mol. The Morgan fingerprint density at radius 2 is 1.74 bits per heavy atom. The Balaban J connectivity index is 1.79. The minimum Gasteiger partial charge on any atom is -0.403 e. The first-order valence-corrected chi connectivity index (χ1v) is 8.69. The van der Waals surface area contributed by atoms with E-state index in [0.29, 0.717) is 5.56 Å². The van der Waals surface area contributed by atoms with Crippen LogP contribution in [0, 0.1) is 10.1 Å². The number of aromatic nitrogens is 6. The van der Waals surface area contributed by atoms with Gasteiger partial charge in [-0.1, -0.05) is 17.2 Å². The van der Waals surface area contributed by atoms with Crippen molar-refractivity contribution in [1.29, 1.82) is 0 Å². The zero-order valence-corrected chi connectivity index (χ0v) is 15.3. The number of rotatable bonds is 3. The van der Waals surface area contributed by atoms with Crippen LogP contribution in [-0.2, 0) is 0 Å². The van der Waals surface area contributed by atoms with Crippen molar-refractivity contribution in [3.63, 3.8) is 0 Å². The summed E-state index contributed by atoms with van der Waals surface area (Å²) in [6, 6.07) is 11.3. The molecule has 0 saturated carbocycles. The molecule has 0 bridgehead atoms. The van der Waals surface area contributed by atoms with E-state index in [2.05, 4.69) is 20.2 Å². The summed E-state index contributed by atoms with van der Waals surface area (Å²) >= 11 is 0. The van der Waals surface area contributed by atoms with Crippen LogP contribution >= 0.6 is 0 Å². The number of nitro benzene ring substituents is 1. The van der Waals surface area contributed by atoms with E-state index >= 15 is 0 Å². The maximum Gasteiger partial charge on any atom is 0.352 e. The van der Waals surface area contributed by atoms with Crippen LogP contribution in [0.25, 0.3) is 34.1 Å². The van der Waals surface area contributed by atoms with Crippen molar-refractivity contribution in [2.75, 3.05) is 0 Å². The SMILES string of the molecule is O=c1nc2n(-c3nnc(-c4ccc([N+](=O)[O-])cc4)o3)c(=O)c3ccccc3n2c(=O)[nH]1. The molecule has 0 radical (unpaired) electrons. The first-order valence-electron chi connectivity index (χ1n) is 8.69. The topological polar surface area (TPSA) is 171 Å². The third kappa shape index (κ3) is 2.79. The first-order chi connectivity index (χ1) is 14.9. The van der Waals surface area contributed by atoms with Gasteiger partial charge in [0, 0.05) is 17.7 Å². The van der Waals surface area contributed by atoms with Crippen LogP contribution in [0.1, 0.15) is 0 Å². The fourth-order valence-electron chi connectivity index (χ4n) is 3.16. The van der Waals surface area contributed by atoms with Gasteiger partial charge in [-0.05, 0) is 24.3 Å². The Kier molecular flexibility index (Phi) is 3.83. The Labute approximate surface area is 169 Å². The zero-order valence-electron chi connectivity index (χ0n) is 15.3. The molecule has 0 fully saturated rings. The lowest BCUT2D eigenvalue weighted by atomic mass is 10.2. The quantitative estimate of drug-likeness (QED) is 0.250. The smallest absolute Gasteiger partial charge is 0.352 e. The van der Waals surface area contributed by atoms with Gasteiger partial charge < -0.3 is 4.42 Å². The Morgan fingerprint density at radius 1 is 1.00 bits per heavy atom. The lowest BCUT2D eigenvalue weighted by molar-refractivity contribution is -0.384. The standard InChI is InChI=1S/C18H9N7O6/c26-14-11-3-1-2-4-12(11)23-16(19-15(27)20-17(23)28)24(14)18-22-21-13(31-18)9-5-7-10(8-6-9)25(29)30/h1-8H,(H,20,27,28). The van der Waals surface area contributed by atoms with Crippen LogP contribution in [0.2, 0.25) is 0 Å². The highest BCUT2D eigenvalue weighted by molar-refractivity contribution is 5.80. The van der Waals surface area contributed by atoms with Crippen molar-refractivity contribution in [3.8, 4) is 17.5 Å². The summed E-state index contributed by atoms with van der Waals surface area (Å²) in [5.41, 5.74) is -1.90. The largest absolute Gasteiger partial charge is 0.403 e. The molecule has 5 aromatic rings. The molecule has 31 heavy (non-hydrogen) atoms.